The van der Waals surface area contributed by atoms with Gasteiger partial charge in [-0.05, 0) is 89.9 Å². The molecule has 0 aromatic carbocycles. The summed E-state index contributed by atoms with van der Waals surface area (Å²) in [7, 11) is 1.49. The predicted octanol–water partition coefficient (Wildman–Crippen LogP) is 26.1. The Bertz CT molecular complexity index is 1830. The SMILES string of the molecule is CC/C=C\C/C=C\C/C=C\C/C=C\C/C=C\CCCCCCCCCCCCCCCCCCCCCC(=O)OC(COC(=O)CCCCCCCCCCCCCCCCCCCCCCC/C=C\C/C=C\CCCCCCC)COP(=O)(O)OCC[N+](C)(C)C. The van der Waals surface area contributed by atoms with Crippen LogP contribution in [0.2, 0.25) is 0 Å². The predicted molar refractivity (Wildman–Crippen MR) is 399 cm³/mol. The monoisotopic (exact) mass is 1310 g/mol. The molecular weight excluding hydrogens is 1160 g/mol. The lowest BCUT2D eigenvalue weighted by molar-refractivity contribution is -0.870. The number of likely N-dealkylation sites (N-methyl/N-ethyl adjacent to an activating group) is 1. The van der Waals surface area contributed by atoms with E-state index in [1.165, 1.54) is 270 Å². The highest BCUT2D eigenvalue weighted by atomic mass is 31.2. The van der Waals surface area contributed by atoms with Gasteiger partial charge in [0.25, 0.3) is 0 Å². The molecule has 92 heavy (non-hydrogen) atoms. The molecule has 9 nitrogen and oxygen atoms in total. The molecule has 0 fully saturated rings. The minimum Gasteiger partial charge on any atom is -0.462 e. The maximum Gasteiger partial charge on any atom is 0.472 e. The number of rotatable bonds is 73. The van der Waals surface area contributed by atoms with Gasteiger partial charge in [-0.1, -0.05) is 356 Å². The van der Waals surface area contributed by atoms with Crippen LogP contribution in [0.15, 0.2) is 85.1 Å². The van der Waals surface area contributed by atoms with Crippen molar-refractivity contribution in [3.8, 4) is 0 Å². The highest BCUT2D eigenvalue weighted by Crippen LogP contribution is 2.43. The third-order valence-corrected chi connectivity index (χ3v) is 18.4. The first-order chi connectivity index (χ1) is 45.0. The second kappa shape index (κ2) is 72.5. The lowest BCUT2D eigenvalue weighted by Gasteiger charge is -2.24. The van der Waals surface area contributed by atoms with Crippen LogP contribution in [0, 0.1) is 0 Å². The van der Waals surface area contributed by atoms with E-state index in [2.05, 4.69) is 98.9 Å². The number of phosphoric ester groups is 1. The van der Waals surface area contributed by atoms with Gasteiger partial charge in [0.2, 0.25) is 0 Å². The molecule has 10 heteroatoms. The summed E-state index contributed by atoms with van der Waals surface area (Å²) in [5.41, 5.74) is 0. The van der Waals surface area contributed by atoms with Gasteiger partial charge >= 0.3 is 19.8 Å². The fourth-order valence-electron chi connectivity index (χ4n) is 11.4. The van der Waals surface area contributed by atoms with E-state index in [0.717, 1.165) is 70.6 Å². The summed E-state index contributed by atoms with van der Waals surface area (Å²) in [5, 5.41) is 0. The molecule has 0 aromatic rings. The zero-order chi connectivity index (χ0) is 66.9. The summed E-state index contributed by atoms with van der Waals surface area (Å²) < 4.78 is 34.8. The van der Waals surface area contributed by atoms with E-state index in [1.54, 1.807) is 0 Å². The molecule has 2 unspecified atom stereocenters. The van der Waals surface area contributed by atoms with Crippen molar-refractivity contribution in [2.75, 3.05) is 47.5 Å². The van der Waals surface area contributed by atoms with Crippen molar-refractivity contribution in [2.45, 2.75) is 380 Å². The second-order valence-electron chi connectivity index (χ2n) is 27.7. The normalized spacial score (nSPS) is 13.5. The minimum absolute atomic E-state index is 0.0323. The number of esters is 2. The highest BCUT2D eigenvalue weighted by Gasteiger charge is 2.27. The van der Waals surface area contributed by atoms with Gasteiger partial charge < -0.3 is 18.9 Å². The lowest BCUT2D eigenvalue weighted by atomic mass is 10.0. The van der Waals surface area contributed by atoms with Gasteiger partial charge in [-0.3, -0.25) is 18.6 Å². The molecule has 0 aliphatic heterocycles. The van der Waals surface area contributed by atoms with Crippen LogP contribution in [0.3, 0.4) is 0 Å². The number of allylic oxidation sites excluding steroid dienone is 14. The van der Waals surface area contributed by atoms with E-state index in [9.17, 15) is 19.0 Å². The molecule has 0 bridgehead atoms. The molecule has 0 radical (unpaired) electrons. The Morgan fingerprint density at radius 2 is 0.620 bits per heavy atom. The van der Waals surface area contributed by atoms with Crippen LogP contribution in [0.25, 0.3) is 0 Å². The van der Waals surface area contributed by atoms with Crippen LogP contribution >= 0.6 is 7.82 Å². The number of quaternary nitrogens is 1. The van der Waals surface area contributed by atoms with Crippen molar-refractivity contribution in [1.82, 2.24) is 0 Å². The maximum atomic E-state index is 12.9. The largest absolute Gasteiger partial charge is 0.472 e. The lowest BCUT2D eigenvalue weighted by Crippen LogP contribution is -2.37. The molecule has 1 N–H and O–H groups in total. The smallest absolute Gasteiger partial charge is 0.462 e. The summed E-state index contributed by atoms with van der Waals surface area (Å²) >= 11 is 0. The number of ether oxygens (including phenoxy) is 2. The summed E-state index contributed by atoms with van der Waals surface area (Å²) in [6, 6.07) is 0. The quantitative estimate of drug-likeness (QED) is 0.0211. The van der Waals surface area contributed by atoms with Gasteiger partial charge in [-0.25, -0.2) is 4.57 Å². The zero-order valence-corrected chi connectivity index (χ0v) is 62.2. The third kappa shape index (κ3) is 76.2. The standard InChI is InChI=1S/C82H150NO8P/c1-6-8-10-12-14-16-18-20-22-24-26-28-30-32-34-36-38-40-41-43-45-47-49-51-53-55-57-59-61-63-65-67-69-71-73-75-82(85)91-80(79-90-92(86,87)89-77-76-83(3,4)5)78-88-81(84)74-72-70-68-66-64-62-60-58-56-54-52-50-48-46-44-42-39-37-35-33-31-29-27-25-23-21-19-17-15-13-11-9-7-2/h8,10,14,16,19-22,25-28,32,34,80H,6-7,9,11-13,15,17-18,23-24,29-31,33,35-79H2,1-5H3/p+1/b10-8-,16-14-,21-19-,22-20-,27-25-,28-26-,34-32-. The molecule has 0 saturated heterocycles. The van der Waals surface area contributed by atoms with E-state index in [0.29, 0.717) is 23.9 Å². The van der Waals surface area contributed by atoms with Crippen molar-refractivity contribution in [3.05, 3.63) is 85.1 Å². The average Bonchev–Trinajstić information content (AvgIpc) is 2.14. The number of nitrogens with zero attached hydrogens (tertiary/aromatic N) is 1. The van der Waals surface area contributed by atoms with Crippen LogP contribution in [0.4, 0.5) is 0 Å². The second-order valence-corrected chi connectivity index (χ2v) is 29.2. The minimum atomic E-state index is -4.40. The van der Waals surface area contributed by atoms with Crippen molar-refractivity contribution >= 4 is 19.8 Å². The molecule has 0 aliphatic rings. The first-order valence-electron chi connectivity index (χ1n) is 39.3. The summed E-state index contributed by atoms with van der Waals surface area (Å²) in [5.74, 6) is -0.779. The van der Waals surface area contributed by atoms with E-state index >= 15 is 0 Å². The Hall–Kier alpha value is -2.81. The summed E-state index contributed by atoms with van der Waals surface area (Å²) in [6.07, 6.45) is 100. The number of hydrogen-bond acceptors (Lipinski definition) is 7. The molecule has 0 spiro atoms. The van der Waals surface area contributed by atoms with Crippen LogP contribution in [-0.2, 0) is 32.7 Å². The Balaban J connectivity index is 3.94. The van der Waals surface area contributed by atoms with Crippen molar-refractivity contribution in [1.29, 1.82) is 0 Å². The first kappa shape index (κ1) is 89.2. The van der Waals surface area contributed by atoms with Crippen molar-refractivity contribution in [2.24, 2.45) is 0 Å². The maximum absolute atomic E-state index is 12.9. The molecule has 0 amide bonds. The van der Waals surface area contributed by atoms with Gasteiger partial charge in [0.05, 0.1) is 27.7 Å². The number of carbonyl (C=O) groups excluding carboxylic acids is 2. The van der Waals surface area contributed by atoms with E-state index in [4.69, 9.17) is 18.5 Å². The Morgan fingerprint density at radius 1 is 0.348 bits per heavy atom. The Morgan fingerprint density at radius 3 is 0.924 bits per heavy atom. The van der Waals surface area contributed by atoms with Crippen LogP contribution in [0.5, 0.6) is 0 Å². The fraction of sp³-hybridized carbons (Fsp3) is 0.805. The number of carbonyl (C=O) groups is 2. The Labute approximate surface area is 571 Å². The third-order valence-electron chi connectivity index (χ3n) is 17.4. The topological polar surface area (TPSA) is 108 Å². The van der Waals surface area contributed by atoms with Gasteiger partial charge in [0.1, 0.15) is 19.8 Å². The van der Waals surface area contributed by atoms with E-state index < -0.39 is 26.5 Å². The number of hydrogen-bond donors (Lipinski definition) is 1. The first-order valence-corrected chi connectivity index (χ1v) is 40.8. The van der Waals surface area contributed by atoms with Crippen molar-refractivity contribution < 1.29 is 42.1 Å². The Kier molecular flexibility index (Phi) is 70.2. The zero-order valence-electron chi connectivity index (χ0n) is 61.3. The molecule has 0 rings (SSSR count). The molecule has 0 saturated carbocycles. The van der Waals surface area contributed by atoms with Crippen LogP contribution in [-0.4, -0.2) is 74.9 Å². The highest BCUT2D eigenvalue weighted by molar-refractivity contribution is 7.47. The molecule has 0 aromatic heterocycles. The van der Waals surface area contributed by atoms with Crippen molar-refractivity contribution in [3.63, 3.8) is 0 Å². The number of unbranched alkanes of at least 4 members (excludes halogenated alkanes) is 45. The summed E-state index contributed by atoms with van der Waals surface area (Å²) in [6.45, 7) is 4.37. The summed E-state index contributed by atoms with van der Waals surface area (Å²) in [4.78, 5) is 36.0. The van der Waals surface area contributed by atoms with Crippen LogP contribution < -0.4 is 0 Å². The van der Waals surface area contributed by atoms with Gasteiger partial charge in [-0.15, -0.1) is 0 Å². The van der Waals surface area contributed by atoms with Gasteiger partial charge in [-0.2, -0.15) is 0 Å². The molecule has 2 atom stereocenters. The molecule has 0 aliphatic carbocycles. The molecular formula is C82H151NO8P+. The van der Waals surface area contributed by atoms with Crippen LogP contribution in [0.1, 0.15) is 373 Å². The number of phosphoric acid groups is 1. The van der Waals surface area contributed by atoms with E-state index in [-0.39, 0.29) is 25.6 Å². The van der Waals surface area contributed by atoms with E-state index in [1.807, 2.05) is 21.1 Å². The molecule has 0 heterocycles. The average molecular weight is 1310 g/mol. The van der Waals surface area contributed by atoms with Gasteiger partial charge in [0, 0.05) is 12.8 Å². The fourth-order valence-corrected chi connectivity index (χ4v) is 12.2. The molecule has 536 valence electrons. The van der Waals surface area contributed by atoms with Gasteiger partial charge in [0.15, 0.2) is 6.10 Å².